The number of hydrogen-bond acceptors (Lipinski definition) is 4. The summed E-state index contributed by atoms with van der Waals surface area (Å²) in [5.41, 5.74) is 3.03. The molecule has 4 nitrogen and oxygen atoms in total. The third-order valence-corrected chi connectivity index (χ3v) is 4.68. The highest BCUT2D eigenvalue weighted by Crippen LogP contribution is 2.19. The fraction of sp³-hybridized carbons (Fsp3) is 0.381. The van der Waals surface area contributed by atoms with Gasteiger partial charge >= 0.3 is 5.97 Å². The summed E-state index contributed by atoms with van der Waals surface area (Å²) in [4.78, 5) is 16.8. The number of hydrogen-bond donors (Lipinski definition) is 0. The molecule has 0 radical (unpaired) electrons. The number of rotatable bonds is 5. The largest absolute Gasteiger partial charge is 0.459 e. The maximum absolute atomic E-state index is 12.3. The van der Waals surface area contributed by atoms with Crippen LogP contribution in [0.2, 0.25) is 0 Å². The van der Waals surface area contributed by atoms with Crippen molar-refractivity contribution in [1.29, 1.82) is 0 Å². The maximum atomic E-state index is 12.3. The first kappa shape index (κ1) is 17.5. The lowest BCUT2D eigenvalue weighted by Crippen LogP contribution is -2.37. The molecule has 0 saturated carbocycles. The van der Waals surface area contributed by atoms with E-state index in [1.807, 2.05) is 49.3 Å². The first-order valence-corrected chi connectivity index (χ1v) is 8.86. The van der Waals surface area contributed by atoms with Gasteiger partial charge in [-0.15, -0.1) is 0 Å². The minimum absolute atomic E-state index is 0.0213. The van der Waals surface area contributed by atoms with Crippen LogP contribution in [0.4, 0.5) is 5.69 Å². The van der Waals surface area contributed by atoms with Crippen molar-refractivity contribution in [1.82, 2.24) is 4.90 Å². The minimum Gasteiger partial charge on any atom is -0.459 e. The molecule has 132 valence electrons. The van der Waals surface area contributed by atoms with Crippen LogP contribution >= 0.6 is 0 Å². The molecule has 0 bridgehead atoms. The predicted octanol–water partition coefficient (Wildman–Crippen LogP) is 3.57. The van der Waals surface area contributed by atoms with Crippen LogP contribution in [0.1, 0.15) is 28.8 Å². The Morgan fingerprint density at radius 2 is 1.68 bits per heavy atom. The molecule has 1 aliphatic rings. The molecule has 0 N–H and O–H groups in total. The molecule has 2 aromatic carbocycles. The second kappa shape index (κ2) is 8.17. The maximum Gasteiger partial charge on any atom is 0.338 e. The summed E-state index contributed by atoms with van der Waals surface area (Å²) in [6, 6.07) is 18.1. The van der Waals surface area contributed by atoms with Crippen molar-refractivity contribution in [2.45, 2.75) is 25.5 Å². The summed E-state index contributed by atoms with van der Waals surface area (Å²) in [6.07, 6.45) is 1.82. The van der Waals surface area contributed by atoms with Gasteiger partial charge in [-0.05, 0) is 42.7 Å². The van der Waals surface area contributed by atoms with E-state index in [2.05, 4.69) is 29.2 Å². The quantitative estimate of drug-likeness (QED) is 0.780. The van der Waals surface area contributed by atoms with Gasteiger partial charge in [0.2, 0.25) is 0 Å². The van der Waals surface area contributed by atoms with E-state index in [0.29, 0.717) is 5.56 Å². The third-order valence-electron chi connectivity index (χ3n) is 4.68. The summed E-state index contributed by atoms with van der Waals surface area (Å²) in [7, 11) is 3.97. The smallest absolute Gasteiger partial charge is 0.338 e. The van der Waals surface area contributed by atoms with E-state index in [1.165, 1.54) is 5.56 Å². The van der Waals surface area contributed by atoms with Crippen molar-refractivity contribution in [3.05, 3.63) is 65.7 Å². The van der Waals surface area contributed by atoms with E-state index < -0.39 is 0 Å². The average molecular weight is 338 g/mol. The van der Waals surface area contributed by atoms with Gasteiger partial charge in [0.25, 0.3) is 0 Å². The molecule has 0 aromatic heterocycles. The number of piperidine rings is 1. The van der Waals surface area contributed by atoms with Crippen LogP contribution in [0.25, 0.3) is 0 Å². The van der Waals surface area contributed by atoms with Crippen molar-refractivity contribution in [3.8, 4) is 0 Å². The highest BCUT2D eigenvalue weighted by atomic mass is 16.5. The normalized spacial score (nSPS) is 15.8. The van der Waals surface area contributed by atoms with Gasteiger partial charge in [-0.3, -0.25) is 4.90 Å². The highest BCUT2D eigenvalue weighted by Gasteiger charge is 2.22. The molecule has 1 heterocycles. The zero-order chi connectivity index (χ0) is 17.6. The second-order valence-electron chi connectivity index (χ2n) is 6.81. The molecule has 1 aliphatic heterocycles. The molecular formula is C21H26N2O2. The highest BCUT2D eigenvalue weighted by molar-refractivity contribution is 5.90. The van der Waals surface area contributed by atoms with Gasteiger partial charge in [-0.1, -0.05) is 30.3 Å². The molecule has 1 fully saturated rings. The van der Waals surface area contributed by atoms with Crippen LogP contribution in [0.5, 0.6) is 0 Å². The first-order valence-electron chi connectivity index (χ1n) is 8.86. The van der Waals surface area contributed by atoms with Crippen LogP contribution in [0.3, 0.4) is 0 Å². The van der Waals surface area contributed by atoms with E-state index in [4.69, 9.17) is 4.74 Å². The molecule has 0 spiro atoms. The number of carbonyl (C=O) groups is 1. The summed E-state index contributed by atoms with van der Waals surface area (Å²) in [5.74, 6) is -0.216. The van der Waals surface area contributed by atoms with Crippen LogP contribution in [0.15, 0.2) is 54.6 Å². The summed E-state index contributed by atoms with van der Waals surface area (Å²) < 4.78 is 5.70. The Morgan fingerprint density at radius 3 is 2.28 bits per heavy atom. The number of esters is 1. The van der Waals surface area contributed by atoms with Gasteiger partial charge in [0.15, 0.2) is 0 Å². The Hall–Kier alpha value is -2.33. The summed E-state index contributed by atoms with van der Waals surface area (Å²) >= 11 is 0. The number of benzene rings is 2. The van der Waals surface area contributed by atoms with Crippen LogP contribution in [-0.4, -0.2) is 44.2 Å². The number of nitrogens with zero attached hydrogens (tertiary/aromatic N) is 2. The van der Waals surface area contributed by atoms with E-state index in [1.54, 1.807) is 0 Å². The third kappa shape index (κ3) is 4.83. The molecule has 0 amide bonds. The monoisotopic (exact) mass is 338 g/mol. The van der Waals surface area contributed by atoms with Crippen molar-refractivity contribution < 1.29 is 9.53 Å². The Morgan fingerprint density at radius 1 is 1.04 bits per heavy atom. The second-order valence-corrected chi connectivity index (χ2v) is 6.81. The topological polar surface area (TPSA) is 32.8 Å². The van der Waals surface area contributed by atoms with Gasteiger partial charge in [0.1, 0.15) is 6.10 Å². The zero-order valence-electron chi connectivity index (χ0n) is 15.0. The van der Waals surface area contributed by atoms with Gasteiger partial charge in [0.05, 0.1) is 5.56 Å². The van der Waals surface area contributed by atoms with Crippen molar-refractivity contribution in [2.75, 3.05) is 32.1 Å². The lowest BCUT2D eigenvalue weighted by Gasteiger charge is -2.31. The summed E-state index contributed by atoms with van der Waals surface area (Å²) in [5, 5.41) is 0. The Balaban J connectivity index is 1.47. The van der Waals surface area contributed by atoms with Crippen molar-refractivity contribution >= 4 is 11.7 Å². The lowest BCUT2D eigenvalue weighted by atomic mass is 10.1. The number of ether oxygens (including phenoxy) is 1. The number of anilines is 1. The SMILES string of the molecule is CN(C)c1ccc(C(=O)OC2CCN(Cc3ccccc3)CC2)cc1. The van der Waals surface area contributed by atoms with Gasteiger partial charge in [0, 0.05) is 39.4 Å². The van der Waals surface area contributed by atoms with E-state index >= 15 is 0 Å². The fourth-order valence-electron chi connectivity index (χ4n) is 3.14. The van der Waals surface area contributed by atoms with Crippen LogP contribution < -0.4 is 4.90 Å². The zero-order valence-corrected chi connectivity index (χ0v) is 15.0. The van der Waals surface area contributed by atoms with Gasteiger partial charge < -0.3 is 9.64 Å². The molecule has 0 aliphatic carbocycles. The molecule has 0 unspecified atom stereocenters. The Labute approximate surface area is 150 Å². The molecule has 2 aromatic rings. The molecular weight excluding hydrogens is 312 g/mol. The van der Waals surface area contributed by atoms with Gasteiger partial charge in [-0.2, -0.15) is 0 Å². The standard InChI is InChI=1S/C21H26N2O2/c1-22(2)19-10-8-18(9-11-19)21(24)25-20-12-14-23(15-13-20)16-17-6-4-3-5-7-17/h3-11,20H,12-16H2,1-2H3. The number of carbonyl (C=O) groups excluding carboxylic acids is 1. The van der Waals surface area contributed by atoms with Crippen molar-refractivity contribution in [3.63, 3.8) is 0 Å². The predicted molar refractivity (Wildman–Crippen MR) is 101 cm³/mol. The van der Waals surface area contributed by atoms with E-state index in [0.717, 1.165) is 38.2 Å². The fourth-order valence-corrected chi connectivity index (χ4v) is 3.14. The van der Waals surface area contributed by atoms with Crippen LogP contribution in [-0.2, 0) is 11.3 Å². The van der Waals surface area contributed by atoms with Crippen molar-refractivity contribution in [2.24, 2.45) is 0 Å². The molecule has 25 heavy (non-hydrogen) atoms. The number of likely N-dealkylation sites (tertiary alicyclic amines) is 1. The van der Waals surface area contributed by atoms with E-state index in [9.17, 15) is 4.79 Å². The first-order chi connectivity index (χ1) is 12.1. The Kier molecular flexibility index (Phi) is 5.71. The molecule has 4 heteroatoms. The van der Waals surface area contributed by atoms with E-state index in [-0.39, 0.29) is 12.1 Å². The molecule has 0 atom stereocenters. The molecule has 1 saturated heterocycles. The lowest BCUT2D eigenvalue weighted by molar-refractivity contribution is 0.0104. The molecule has 3 rings (SSSR count). The van der Waals surface area contributed by atoms with Crippen LogP contribution in [0, 0.1) is 0 Å². The summed E-state index contributed by atoms with van der Waals surface area (Å²) in [6.45, 7) is 2.90. The Bertz CT molecular complexity index is 675. The average Bonchev–Trinajstić information content (AvgIpc) is 2.64. The van der Waals surface area contributed by atoms with Gasteiger partial charge in [-0.25, -0.2) is 4.79 Å². The minimum atomic E-state index is -0.216.